The monoisotopic (exact) mass is 281 g/mol. The van der Waals surface area contributed by atoms with Gasteiger partial charge in [-0.15, -0.1) is 0 Å². The van der Waals surface area contributed by atoms with Gasteiger partial charge in [0, 0.05) is 37.0 Å². The van der Waals surface area contributed by atoms with Crippen LogP contribution in [0.4, 0.5) is 8.78 Å². The summed E-state index contributed by atoms with van der Waals surface area (Å²) in [5.41, 5.74) is 2.86. The van der Waals surface area contributed by atoms with Gasteiger partial charge in [-0.25, -0.2) is 0 Å². The highest BCUT2D eigenvalue weighted by Crippen LogP contribution is 2.20. The van der Waals surface area contributed by atoms with Gasteiger partial charge in [-0.1, -0.05) is 18.2 Å². The first-order chi connectivity index (χ1) is 9.58. The SMILES string of the molecule is Cc1c(CNCc2ccccc2OC(F)F)cnn1C. The van der Waals surface area contributed by atoms with E-state index in [2.05, 4.69) is 15.2 Å². The van der Waals surface area contributed by atoms with Crippen molar-refractivity contribution < 1.29 is 13.5 Å². The molecule has 2 rings (SSSR count). The Labute approximate surface area is 116 Å². The summed E-state index contributed by atoms with van der Waals surface area (Å²) in [7, 11) is 1.88. The topological polar surface area (TPSA) is 39.1 Å². The van der Waals surface area contributed by atoms with E-state index in [1.165, 1.54) is 0 Å². The number of alkyl halides is 2. The summed E-state index contributed by atoms with van der Waals surface area (Å²) >= 11 is 0. The van der Waals surface area contributed by atoms with Gasteiger partial charge in [0.1, 0.15) is 5.75 Å². The third-order valence-corrected chi connectivity index (χ3v) is 3.16. The number of aryl methyl sites for hydroxylation is 1. The van der Waals surface area contributed by atoms with Crippen LogP contribution in [-0.2, 0) is 20.1 Å². The lowest BCUT2D eigenvalue weighted by Crippen LogP contribution is -2.15. The average Bonchev–Trinajstić information content (AvgIpc) is 2.72. The second kappa shape index (κ2) is 6.47. The minimum absolute atomic E-state index is 0.206. The van der Waals surface area contributed by atoms with Gasteiger partial charge in [0.2, 0.25) is 0 Å². The van der Waals surface area contributed by atoms with Crippen LogP contribution >= 0.6 is 0 Å². The Bertz CT molecular complexity index is 569. The molecular weight excluding hydrogens is 264 g/mol. The van der Waals surface area contributed by atoms with E-state index in [0.717, 1.165) is 11.3 Å². The van der Waals surface area contributed by atoms with E-state index in [-0.39, 0.29) is 5.75 Å². The fourth-order valence-corrected chi connectivity index (χ4v) is 1.91. The number of nitrogens with zero attached hydrogens (tertiary/aromatic N) is 2. The lowest BCUT2D eigenvalue weighted by Gasteiger charge is -2.11. The summed E-state index contributed by atoms with van der Waals surface area (Å²) in [6.45, 7) is 0.259. The van der Waals surface area contributed by atoms with E-state index < -0.39 is 6.61 Å². The molecule has 0 amide bonds. The fourth-order valence-electron chi connectivity index (χ4n) is 1.91. The Morgan fingerprint density at radius 3 is 2.60 bits per heavy atom. The highest BCUT2D eigenvalue weighted by Gasteiger charge is 2.09. The molecule has 0 bridgehead atoms. The number of para-hydroxylation sites is 1. The van der Waals surface area contributed by atoms with Crippen molar-refractivity contribution in [3.05, 3.63) is 47.3 Å². The van der Waals surface area contributed by atoms with Crippen LogP contribution in [0, 0.1) is 6.92 Å². The van der Waals surface area contributed by atoms with Crippen molar-refractivity contribution in [1.82, 2.24) is 15.1 Å². The van der Waals surface area contributed by atoms with E-state index in [4.69, 9.17) is 0 Å². The molecule has 0 unspecified atom stereocenters. The number of aromatic nitrogens is 2. The second-order valence-corrected chi connectivity index (χ2v) is 4.47. The maximum Gasteiger partial charge on any atom is 0.387 e. The first-order valence-corrected chi connectivity index (χ1v) is 6.29. The van der Waals surface area contributed by atoms with Gasteiger partial charge in [-0.3, -0.25) is 4.68 Å². The van der Waals surface area contributed by atoms with Crippen molar-refractivity contribution in [2.24, 2.45) is 7.05 Å². The van der Waals surface area contributed by atoms with Crippen molar-refractivity contribution in [2.75, 3.05) is 0 Å². The number of hydrogen-bond donors (Lipinski definition) is 1. The van der Waals surface area contributed by atoms with Crippen LogP contribution in [0.2, 0.25) is 0 Å². The molecule has 4 nitrogen and oxygen atoms in total. The van der Waals surface area contributed by atoms with Gasteiger partial charge in [0.05, 0.1) is 6.20 Å². The van der Waals surface area contributed by atoms with Gasteiger partial charge in [0.15, 0.2) is 0 Å². The summed E-state index contributed by atoms with van der Waals surface area (Å²) in [5, 5.41) is 7.36. The Hall–Kier alpha value is -1.95. The standard InChI is InChI=1S/C14H17F2N3O/c1-10-12(9-18-19(10)2)8-17-7-11-5-3-4-6-13(11)20-14(15)16/h3-6,9,14,17H,7-8H2,1-2H3. The third-order valence-electron chi connectivity index (χ3n) is 3.16. The van der Waals surface area contributed by atoms with E-state index in [1.807, 2.05) is 14.0 Å². The molecular formula is C14H17F2N3O. The van der Waals surface area contributed by atoms with Crippen LogP contribution in [-0.4, -0.2) is 16.4 Å². The Morgan fingerprint density at radius 2 is 1.95 bits per heavy atom. The molecule has 108 valence electrons. The van der Waals surface area contributed by atoms with Crippen LogP contribution in [0.5, 0.6) is 5.75 Å². The number of halogens is 2. The third kappa shape index (κ3) is 3.54. The van der Waals surface area contributed by atoms with Crippen molar-refractivity contribution in [3.8, 4) is 5.75 Å². The van der Waals surface area contributed by atoms with Gasteiger partial charge in [0.25, 0.3) is 0 Å². The van der Waals surface area contributed by atoms with Gasteiger partial charge < -0.3 is 10.1 Å². The molecule has 1 N–H and O–H groups in total. The summed E-state index contributed by atoms with van der Waals surface area (Å²) in [4.78, 5) is 0. The molecule has 0 atom stereocenters. The summed E-state index contributed by atoms with van der Waals surface area (Å²) in [6, 6.07) is 6.77. The number of ether oxygens (including phenoxy) is 1. The van der Waals surface area contributed by atoms with Gasteiger partial charge in [-0.2, -0.15) is 13.9 Å². The number of nitrogens with one attached hydrogen (secondary N) is 1. The van der Waals surface area contributed by atoms with Crippen LogP contribution in [0.15, 0.2) is 30.5 Å². The maximum atomic E-state index is 12.3. The van der Waals surface area contributed by atoms with E-state index in [1.54, 1.807) is 35.1 Å². The molecule has 0 aliphatic heterocycles. The number of hydrogen-bond acceptors (Lipinski definition) is 3. The second-order valence-electron chi connectivity index (χ2n) is 4.47. The smallest absolute Gasteiger partial charge is 0.387 e. The van der Waals surface area contributed by atoms with Crippen LogP contribution in [0.1, 0.15) is 16.8 Å². The lowest BCUT2D eigenvalue weighted by atomic mass is 10.2. The normalized spacial score (nSPS) is 11.1. The quantitative estimate of drug-likeness (QED) is 0.884. The number of rotatable bonds is 6. The molecule has 1 aromatic carbocycles. The van der Waals surface area contributed by atoms with Crippen molar-refractivity contribution >= 4 is 0 Å². The van der Waals surface area contributed by atoms with E-state index in [0.29, 0.717) is 18.7 Å². The molecule has 0 aliphatic rings. The molecule has 0 saturated heterocycles. The van der Waals surface area contributed by atoms with Crippen molar-refractivity contribution in [1.29, 1.82) is 0 Å². The lowest BCUT2D eigenvalue weighted by molar-refractivity contribution is -0.0505. The van der Waals surface area contributed by atoms with Crippen molar-refractivity contribution in [3.63, 3.8) is 0 Å². The summed E-state index contributed by atoms with van der Waals surface area (Å²) < 4.78 is 30.9. The van der Waals surface area contributed by atoms with Crippen LogP contribution in [0.3, 0.4) is 0 Å². The van der Waals surface area contributed by atoms with Crippen LogP contribution in [0.25, 0.3) is 0 Å². The van der Waals surface area contributed by atoms with Gasteiger partial charge in [-0.05, 0) is 13.0 Å². The Kier molecular flexibility index (Phi) is 4.68. The largest absolute Gasteiger partial charge is 0.434 e. The Morgan fingerprint density at radius 1 is 1.25 bits per heavy atom. The zero-order chi connectivity index (χ0) is 14.5. The van der Waals surface area contributed by atoms with Crippen LogP contribution < -0.4 is 10.1 Å². The van der Waals surface area contributed by atoms with E-state index >= 15 is 0 Å². The summed E-state index contributed by atoms with van der Waals surface area (Å²) in [5.74, 6) is 0.206. The minimum atomic E-state index is -2.81. The molecule has 1 heterocycles. The molecule has 20 heavy (non-hydrogen) atoms. The average molecular weight is 281 g/mol. The van der Waals surface area contributed by atoms with Gasteiger partial charge >= 0.3 is 6.61 Å². The first-order valence-electron chi connectivity index (χ1n) is 6.29. The molecule has 0 spiro atoms. The highest BCUT2D eigenvalue weighted by molar-refractivity contribution is 5.33. The van der Waals surface area contributed by atoms with Crippen molar-refractivity contribution in [2.45, 2.75) is 26.6 Å². The fraction of sp³-hybridized carbons (Fsp3) is 0.357. The Balaban J connectivity index is 1.95. The summed E-state index contributed by atoms with van der Waals surface area (Å²) in [6.07, 6.45) is 1.80. The highest BCUT2D eigenvalue weighted by atomic mass is 19.3. The molecule has 0 fully saturated rings. The minimum Gasteiger partial charge on any atom is -0.434 e. The van der Waals surface area contributed by atoms with E-state index in [9.17, 15) is 8.78 Å². The zero-order valence-electron chi connectivity index (χ0n) is 11.4. The molecule has 0 saturated carbocycles. The zero-order valence-corrected chi connectivity index (χ0v) is 11.4. The molecule has 1 aromatic heterocycles. The number of benzene rings is 1. The maximum absolute atomic E-state index is 12.3. The molecule has 0 aliphatic carbocycles. The molecule has 0 radical (unpaired) electrons. The first kappa shape index (κ1) is 14.5. The molecule has 2 aromatic rings. The predicted molar refractivity (Wildman–Crippen MR) is 71.6 cm³/mol. The predicted octanol–water partition coefficient (Wildman–Crippen LogP) is 2.62. The molecule has 6 heteroatoms.